The zero-order valence-electron chi connectivity index (χ0n) is 9.47. The third-order valence-corrected chi connectivity index (χ3v) is 2.86. The highest BCUT2D eigenvalue weighted by atomic mass is 16.4. The zero-order chi connectivity index (χ0) is 12.3. The number of rotatable bonds is 5. The first kappa shape index (κ1) is 11.7. The Morgan fingerprint density at radius 2 is 2.12 bits per heavy atom. The normalized spacial score (nSPS) is 10.9. The zero-order valence-corrected chi connectivity index (χ0v) is 9.47. The third kappa shape index (κ3) is 2.47. The number of aryl methyl sites for hydroxylation is 1. The number of aliphatic carboxylic acids is 1. The van der Waals surface area contributed by atoms with Crippen LogP contribution in [0.3, 0.4) is 0 Å². The summed E-state index contributed by atoms with van der Waals surface area (Å²) in [5, 5.41) is 18.8. The number of benzene rings is 1. The van der Waals surface area contributed by atoms with Crippen LogP contribution in [0.4, 0.5) is 0 Å². The minimum Gasteiger partial charge on any atom is -0.481 e. The van der Waals surface area contributed by atoms with Gasteiger partial charge >= 0.3 is 5.97 Å². The number of aliphatic hydroxyl groups excluding tert-OH is 1. The fraction of sp³-hybridized carbons (Fsp3) is 0.308. The summed E-state index contributed by atoms with van der Waals surface area (Å²) < 4.78 is 2.03. The van der Waals surface area contributed by atoms with Gasteiger partial charge < -0.3 is 14.8 Å². The highest BCUT2D eigenvalue weighted by Crippen LogP contribution is 2.20. The van der Waals surface area contributed by atoms with E-state index in [0.717, 1.165) is 16.5 Å². The van der Waals surface area contributed by atoms with Gasteiger partial charge in [-0.3, -0.25) is 4.79 Å². The van der Waals surface area contributed by atoms with Crippen molar-refractivity contribution >= 4 is 16.9 Å². The highest BCUT2D eigenvalue weighted by Gasteiger charge is 2.05. The number of carboxylic acid groups (broad SMARTS) is 1. The van der Waals surface area contributed by atoms with Crippen molar-refractivity contribution in [2.24, 2.45) is 0 Å². The topological polar surface area (TPSA) is 62.5 Å². The van der Waals surface area contributed by atoms with Crippen LogP contribution in [-0.2, 0) is 17.9 Å². The number of aromatic nitrogens is 1. The summed E-state index contributed by atoms with van der Waals surface area (Å²) in [4.78, 5) is 10.4. The van der Waals surface area contributed by atoms with Gasteiger partial charge in [0.1, 0.15) is 0 Å². The van der Waals surface area contributed by atoms with Crippen LogP contribution < -0.4 is 0 Å². The fourth-order valence-corrected chi connectivity index (χ4v) is 2.02. The quantitative estimate of drug-likeness (QED) is 0.830. The predicted octanol–water partition coefficient (Wildman–Crippen LogP) is 2.00. The Hall–Kier alpha value is -1.81. The summed E-state index contributed by atoms with van der Waals surface area (Å²) in [6, 6.07) is 7.74. The van der Waals surface area contributed by atoms with Gasteiger partial charge in [0, 0.05) is 30.1 Å². The number of carboxylic acids is 1. The minimum absolute atomic E-state index is 0.0243. The molecule has 0 unspecified atom stereocenters. The Labute approximate surface area is 99.1 Å². The molecule has 2 rings (SSSR count). The van der Waals surface area contributed by atoms with Crippen LogP contribution in [0.2, 0.25) is 0 Å². The Balaban J connectivity index is 2.21. The second-order valence-corrected chi connectivity index (χ2v) is 4.01. The lowest BCUT2D eigenvalue weighted by molar-refractivity contribution is -0.137. The van der Waals surface area contributed by atoms with Crippen LogP contribution in [0.15, 0.2) is 30.5 Å². The molecule has 0 saturated carbocycles. The monoisotopic (exact) mass is 233 g/mol. The first-order valence-electron chi connectivity index (χ1n) is 5.62. The van der Waals surface area contributed by atoms with Gasteiger partial charge in [0.05, 0.1) is 6.61 Å². The van der Waals surface area contributed by atoms with Crippen molar-refractivity contribution in [1.82, 2.24) is 4.57 Å². The second-order valence-electron chi connectivity index (χ2n) is 4.01. The molecule has 0 aliphatic carbocycles. The lowest BCUT2D eigenvalue weighted by atomic mass is 10.1. The molecule has 0 radical (unpaired) electrons. The van der Waals surface area contributed by atoms with E-state index in [1.165, 1.54) is 0 Å². The molecule has 90 valence electrons. The van der Waals surface area contributed by atoms with E-state index >= 15 is 0 Å². The SMILES string of the molecule is O=C(O)CCCn1ccc2c(CO)cccc21. The number of hydrogen-bond donors (Lipinski definition) is 2. The Kier molecular flexibility index (Phi) is 3.44. The summed E-state index contributed by atoms with van der Waals surface area (Å²) >= 11 is 0. The van der Waals surface area contributed by atoms with Crippen LogP contribution >= 0.6 is 0 Å². The van der Waals surface area contributed by atoms with E-state index in [1.54, 1.807) is 0 Å². The largest absolute Gasteiger partial charge is 0.481 e. The van der Waals surface area contributed by atoms with E-state index in [9.17, 15) is 9.90 Å². The first-order valence-corrected chi connectivity index (χ1v) is 5.62. The lowest BCUT2D eigenvalue weighted by Crippen LogP contribution is -2.00. The van der Waals surface area contributed by atoms with Crippen molar-refractivity contribution in [3.05, 3.63) is 36.0 Å². The molecule has 0 fully saturated rings. The van der Waals surface area contributed by atoms with Crippen molar-refractivity contribution in [3.8, 4) is 0 Å². The molecule has 0 bridgehead atoms. The fourth-order valence-electron chi connectivity index (χ4n) is 2.02. The summed E-state index contributed by atoms with van der Waals surface area (Å²) in [6.45, 7) is 0.709. The smallest absolute Gasteiger partial charge is 0.303 e. The molecule has 0 atom stereocenters. The van der Waals surface area contributed by atoms with E-state index in [2.05, 4.69) is 0 Å². The van der Waals surface area contributed by atoms with Crippen molar-refractivity contribution in [2.75, 3.05) is 0 Å². The molecule has 2 N–H and O–H groups in total. The van der Waals surface area contributed by atoms with Gasteiger partial charge in [0.2, 0.25) is 0 Å². The van der Waals surface area contributed by atoms with Crippen molar-refractivity contribution in [3.63, 3.8) is 0 Å². The van der Waals surface area contributed by atoms with Crippen LogP contribution in [0.5, 0.6) is 0 Å². The molecule has 0 spiro atoms. The summed E-state index contributed by atoms with van der Waals surface area (Å²) in [6.07, 6.45) is 2.73. The third-order valence-electron chi connectivity index (χ3n) is 2.86. The molecule has 0 aliphatic rings. The molecule has 1 aromatic carbocycles. The van der Waals surface area contributed by atoms with Crippen molar-refractivity contribution in [2.45, 2.75) is 26.0 Å². The lowest BCUT2D eigenvalue weighted by Gasteiger charge is -2.05. The molecule has 0 aliphatic heterocycles. The van der Waals surface area contributed by atoms with Crippen LogP contribution in [0.25, 0.3) is 10.9 Å². The predicted molar refractivity (Wildman–Crippen MR) is 64.7 cm³/mol. The Morgan fingerprint density at radius 3 is 2.82 bits per heavy atom. The number of nitrogens with zero attached hydrogens (tertiary/aromatic N) is 1. The van der Waals surface area contributed by atoms with E-state index in [-0.39, 0.29) is 13.0 Å². The molecule has 1 aromatic heterocycles. The number of carbonyl (C=O) groups is 1. The first-order chi connectivity index (χ1) is 8.22. The molecular weight excluding hydrogens is 218 g/mol. The average molecular weight is 233 g/mol. The van der Waals surface area contributed by atoms with Crippen LogP contribution in [0, 0.1) is 0 Å². The van der Waals surface area contributed by atoms with Crippen molar-refractivity contribution < 1.29 is 15.0 Å². The van der Waals surface area contributed by atoms with Gasteiger partial charge in [-0.2, -0.15) is 0 Å². The Morgan fingerprint density at radius 1 is 1.29 bits per heavy atom. The summed E-state index contributed by atoms with van der Waals surface area (Å²) in [7, 11) is 0. The molecule has 1 heterocycles. The molecule has 0 saturated heterocycles. The van der Waals surface area contributed by atoms with Gasteiger partial charge in [-0.1, -0.05) is 12.1 Å². The van der Waals surface area contributed by atoms with Crippen LogP contribution in [0.1, 0.15) is 18.4 Å². The molecular formula is C13H15NO3. The van der Waals surface area contributed by atoms with E-state index in [0.29, 0.717) is 13.0 Å². The molecule has 0 amide bonds. The molecule has 17 heavy (non-hydrogen) atoms. The molecule has 2 aromatic rings. The number of hydrogen-bond acceptors (Lipinski definition) is 2. The van der Waals surface area contributed by atoms with Gasteiger partial charge in [-0.25, -0.2) is 0 Å². The second kappa shape index (κ2) is 5.01. The van der Waals surface area contributed by atoms with Crippen LogP contribution in [-0.4, -0.2) is 20.7 Å². The van der Waals surface area contributed by atoms with Gasteiger partial charge in [0.25, 0.3) is 0 Å². The summed E-state index contributed by atoms with van der Waals surface area (Å²) in [5.41, 5.74) is 1.95. The maximum absolute atomic E-state index is 10.4. The molecule has 4 heteroatoms. The standard InChI is InChI=1S/C13H15NO3/c15-9-10-3-1-4-12-11(10)6-8-14(12)7-2-5-13(16)17/h1,3-4,6,8,15H,2,5,7,9H2,(H,16,17). The van der Waals surface area contributed by atoms with Gasteiger partial charge in [-0.15, -0.1) is 0 Å². The summed E-state index contributed by atoms with van der Waals surface area (Å²) in [5.74, 6) is -0.766. The molecule has 4 nitrogen and oxygen atoms in total. The minimum atomic E-state index is -0.766. The van der Waals surface area contributed by atoms with Gasteiger partial charge in [-0.05, 0) is 24.1 Å². The van der Waals surface area contributed by atoms with E-state index in [4.69, 9.17) is 5.11 Å². The number of aliphatic hydroxyl groups is 1. The maximum atomic E-state index is 10.4. The Bertz CT molecular complexity index is 530. The van der Waals surface area contributed by atoms with E-state index < -0.39 is 5.97 Å². The highest BCUT2D eigenvalue weighted by molar-refractivity contribution is 5.83. The van der Waals surface area contributed by atoms with Gasteiger partial charge in [0.15, 0.2) is 0 Å². The van der Waals surface area contributed by atoms with Crippen molar-refractivity contribution in [1.29, 1.82) is 0 Å². The number of fused-ring (bicyclic) bond motifs is 1. The average Bonchev–Trinajstić information content (AvgIpc) is 2.72. The maximum Gasteiger partial charge on any atom is 0.303 e. The van der Waals surface area contributed by atoms with E-state index in [1.807, 2.05) is 35.0 Å².